The highest BCUT2D eigenvalue weighted by molar-refractivity contribution is 7.14. The molecule has 0 radical (unpaired) electrons. The van der Waals surface area contributed by atoms with E-state index < -0.39 is 0 Å². The lowest BCUT2D eigenvalue weighted by atomic mass is 10.1. The fourth-order valence-electron chi connectivity index (χ4n) is 2.37. The number of nitrogens with zero attached hydrogens (tertiary/aromatic N) is 1. The minimum Gasteiger partial charge on any atom is -0.266 e. The van der Waals surface area contributed by atoms with Crippen LogP contribution in [0, 0.1) is 0 Å². The lowest BCUT2D eigenvalue weighted by Gasteiger charge is -2.01. The van der Waals surface area contributed by atoms with Gasteiger partial charge in [-0.1, -0.05) is 30.3 Å². The number of fused-ring (bicyclic) bond motifs is 1. The first-order valence-corrected chi connectivity index (χ1v) is 7.57. The number of hydrazone groups is 1. The van der Waals surface area contributed by atoms with Crippen molar-refractivity contribution >= 4 is 23.0 Å². The molecule has 1 aliphatic carbocycles. The summed E-state index contributed by atoms with van der Waals surface area (Å²) < 4.78 is 0. The van der Waals surface area contributed by atoms with Crippen molar-refractivity contribution in [2.24, 2.45) is 5.10 Å². The summed E-state index contributed by atoms with van der Waals surface area (Å²) in [5, 5.41) is 4.18. The highest BCUT2D eigenvalue weighted by atomic mass is 32.1. The molecule has 4 heteroatoms. The number of thiophene rings is 1. The highest BCUT2D eigenvalue weighted by Gasteiger charge is 2.18. The summed E-state index contributed by atoms with van der Waals surface area (Å²) in [6.45, 7) is 1.89. The molecule has 1 N–H and O–H groups in total. The molecule has 1 aliphatic rings. The second kappa shape index (κ2) is 5.59. The van der Waals surface area contributed by atoms with E-state index in [4.69, 9.17) is 0 Å². The van der Waals surface area contributed by atoms with Crippen LogP contribution in [-0.4, -0.2) is 11.6 Å². The maximum Gasteiger partial charge on any atom is 0.281 e. The average molecular weight is 284 g/mol. The first kappa shape index (κ1) is 13.1. The van der Waals surface area contributed by atoms with Gasteiger partial charge in [0.25, 0.3) is 5.91 Å². The van der Waals surface area contributed by atoms with E-state index in [9.17, 15) is 4.79 Å². The van der Waals surface area contributed by atoms with Crippen molar-refractivity contribution in [3.8, 4) is 0 Å². The molecule has 1 aromatic carbocycles. The minimum atomic E-state index is -0.111. The van der Waals surface area contributed by atoms with Crippen molar-refractivity contribution in [2.45, 2.75) is 26.2 Å². The van der Waals surface area contributed by atoms with Gasteiger partial charge >= 0.3 is 0 Å². The fourth-order valence-corrected chi connectivity index (χ4v) is 3.52. The zero-order chi connectivity index (χ0) is 13.9. The number of aryl methyl sites for hydroxylation is 2. The number of amides is 1. The third-order valence-corrected chi connectivity index (χ3v) is 4.72. The predicted octanol–water partition coefficient (Wildman–Crippen LogP) is 3.39. The van der Waals surface area contributed by atoms with Crippen molar-refractivity contribution in [2.75, 3.05) is 0 Å². The van der Waals surface area contributed by atoms with Crippen molar-refractivity contribution in [1.82, 2.24) is 5.43 Å². The molecular formula is C16H16N2OS. The van der Waals surface area contributed by atoms with Gasteiger partial charge in [0.05, 0.1) is 10.6 Å². The van der Waals surface area contributed by atoms with Crippen molar-refractivity contribution in [3.05, 3.63) is 57.3 Å². The van der Waals surface area contributed by atoms with E-state index in [-0.39, 0.29) is 5.91 Å². The Hall–Kier alpha value is -1.94. The lowest BCUT2D eigenvalue weighted by Crippen LogP contribution is -2.18. The molecule has 0 atom stereocenters. The van der Waals surface area contributed by atoms with E-state index >= 15 is 0 Å². The molecule has 1 amide bonds. The number of carbonyl (C=O) groups is 1. The minimum absolute atomic E-state index is 0.111. The van der Waals surface area contributed by atoms with Gasteiger partial charge in [-0.3, -0.25) is 4.79 Å². The second-order valence-electron chi connectivity index (χ2n) is 4.92. The molecule has 0 bridgehead atoms. The van der Waals surface area contributed by atoms with Crippen LogP contribution in [0.1, 0.15) is 39.0 Å². The first-order chi connectivity index (χ1) is 9.74. The summed E-state index contributed by atoms with van der Waals surface area (Å²) in [6, 6.07) is 11.8. The summed E-state index contributed by atoms with van der Waals surface area (Å²) in [4.78, 5) is 14.2. The van der Waals surface area contributed by atoms with E-state index in [2.05, 4.69) is 10.5 Å². The van der Waals surface area contributed by atoms with Crippen molar-refractivity contribution in [3.63, 3.8) is 0 Å². The molecular weight excluding hydrogens is 268 g/mol. The Morgan fingerprint density at radius 1 is 1.25 bits per heavy atom. The maximum atomic E-state index is 12.1. The van der Waals surface area contributed by atoms with E-state index in [1.807, 2.05) is 43.3 Å². The molecule has 0 unspecified atom stereocenters. The normalized spacial score (nSPS) is 14.2. The Labute approximate surface area is 122 Å². The van der Waals surface area contributed by atoms with Crippen LogP contribution in [0.3, 0.4) is 0 Å². The van der Waals surface area contributed by atoms with Crippen LogP contribution in [0.4, 0.5) is 0 Å². The zero-order valence-electron chi connectivity index (χ0n) is 11.3. The van der Waals surface area contributed by atoms with Gasteiger partial charge < -0.3 is 0 Å². The number of carbonyl (C=O) groups excluding carboxylic acids is 1. The third kappa shape index (κ3) is 2.65. The van der Waals surface area contributed by atoms with Gasteiger partial charge in [0.2, 0.25) is 0 Å². The standard InChI is InChI=1S/C16H16N2OS/c1-11(12-6-3-2-4-7-12)17-18-16(19)15-10-13-8-5-9-14(13)20-15/h2-4,6-7,10H,5,8-9H2,1H3,(H,18,19)/b17-11-. The SMILES string of the molecule is C/C(=N/NC(=O)c1cc2c(s1)CCC2)c1ccccc1. The van der Waals surface area contributed by atoms with Crippen LogP contribution in [0.25, 0.3) is 0 Å². The monoisotopic (exact) mass is 284 g/mol. The lowest BCUT2D eigenvalue weighted by molar-refractivity contribution is 0.0959. The first-order valence-electron chi connectivity index (χ1n) is 6.75. The fraction of sp³-hybridized carbons (Fsp3) is 0.250. The molecule has 3 nitrogen and oxygen atoms in total. The second-order valence-corrected chi connectivity index (χ2v) is 6.05. The van der Waals surface area contributed by atoms with Gasteiger partial charge in [0, 0.05) is 4.88 Å². The summed E-state index contributed by atoms with van der Waals surface area (Å²) >= 11 is 1.60. The van der Waals surface area contributed by atoms with Gasteiger partial charge in [-0.25, -0.2) is 5.43 Å². The molecule has 3 rings (SSSR count). The molecule has 20 heavy (non-hydrogen) atoms. The van der Waals surface area contributed by atoms with Crippen molar-refractivity contribution < 1.29 is 4.79 Å². The number of rotatable bonds is 3. The number of hydrogen-bond donors (Lipinski definition) is 1. The molecule has 102 valence electrons. The molecule has 2 aromatic rings. The smallest absolute Gasteiger partial charge is 0.266 e. The quantitative estimate of drug-likeness (QED) is 0.681. The topological polar surface area (TPSA) is 41.5 Å². The molecule has 1 heterocycles. The third-order valence-electron chi connectivity index (χ3n) is 3.49. The Balaban J connectivity index is 1.70. The van der Waals surface area contributed by atoms with Crippen LogP contribution < -0.4 is 5.43 Å². The maximum absolute atomic E-state index is 12.1. The van der Waals surface area contributed by atoms with Crippen LogP contribution in [0.2, 0.25) is 0 Å². The summed E-state index contributed by atoms with van der Waals surface area (Å²) in [5.74, 6) is -0.111. The predicted molar refractivity (Wildman–Crippen MR) is 82.5 cm³/mol. The highest BCUT2D eigenvalue weighted by Crippen LogP contribution is 2.30. The number of benzene rings is 1. The molecule has 0 spiro atoms. The zero-order valence-corrected chi connectivity index (χ0v) is 12.2. The van der Waals surface area contributed by atoms with E-state index in [1.165, 1.54) is 16.9 Å². The molecule has 1 aromatic heterocycles. The van der Waals surface area contributed by atoms with Crippen LogP contribution in [0.15, 0.2) is 41.5 Å². The van der Waals surface area contributed by atoms with Gasteiger partial charge in [-0.05, 0) is 43.4 Å². The van der Waals surface area contributed by atoms with Crippen LogP contribution in [0.5, 0.6) is 0 Å². The Bertz CT molecular complexity index is 637. The van der Waals surface area contributed by atoms with Gasteiger partial charge in [-0.15, -0.1) is 11.3 Å². The van der Waals surface area contributed by atoms with Gasteiger partial charge in [-0.2, -0.15) is 5.10 Å². The Morgan fingerprint density at radius 2 is 2.05 bits per heavy atom. The van der Waals surface area contributed by atoms with Gasteiger partial charge in [0.15, 0.2) is 0 Å². The largest absolute Gasteiger partial charge is 0.281 e. The summed E-state index contributed by atoms with van der Waals surface area (Å²) in [5.41, 5.74) is 5.81. The Kier molecular flexibility index (Phi) is 3.65. The summed E-state index contributed by atoms with van der Waals surface area (Å²) in [6.07, 6.45) is 3.43. The van der Waals surface area contributed by atoms with Gasteiger partial charge in [0.1, 0.15) is 0 Å². The molecule has 0 fully saturated rings. The van der Waals surface area contributed by atoms with E-state index in [0.29, 0.717) is 0 Å². The van der Waals surface area contributed by atoms with E-state index in [0.717, 1.165) is 29.0 Å². The van der Waals surface area contributed by atoms with Crippen LogP contribution in [-0.2, 0) is 12.8 Å². The number of hydrogen-bond acceptors (Lipinski definition) is 3. The molecule has 0 saturated carbocycles. The van der Waals surface area contributed by atoms with Crippen LogP contribution >= 0.6 is 11.3 Å². The average Bonchev–Trinajstić information content (AvgIpc) is 3.06. The summed E-state index contributed by atoms with van der Waals surface area (Å²) in [7, 11) is 0. The van der Waals surface area contributed by atoms with Crippen molar-refractivity contribution in [1.29, 1.82) is 0 Å². The number of nitrogens with one attached hydrogen (secondary N) is 1. The molecule has 0 aliphatic heterocycles. The molecule has 0 saturated heterocycles. The van der Waals surface area contributed by atoms with E-state index in [1.54, 1.807) is 11.3 Å². The Morgan fingerprint density at radius 3 is 2.80 bits per heavy atom.